The molecule has 9 unspecified atom stereocenters. The van der Waals surface area contributed by atoms with E-state index in [1.165, 1.54) is 49.8 Å². The Morgan fingerprint density at radius 1 is 1.12 bits per heavy atom. The fraction of sp³-hybridized carbons (Fsp3) is 0.821. The minimum atomic E-state index is 0.372. The number of fused-ring (bicyclic) bond motifs is 7. The topological polar surface area (TPSA) is 47.3 Å². The molecule has 3 fully saturated rings. The predicted octanol–water partition coefficient (Wildman–Crippen LogP) is 5.57. The summed E-state index contributed by atoms with van der Waals surface area (Å²) >= 11 is 0. The Kier molecular flexibility index (Phi) is 5.34. The third-order valence-electron chi connectivity index (χ3n) is 10.6. The molecule has 0 aromatic carbocycles. The van der Waals surface area contributed by atoms with Gasteiger partial charge in [0.15, 0.2) is 0 Å². The van der Waals surface area contributed by atoms with Crippen molar-refractivity contribution in [2.24, 2.45) is 40.9 Å². The van der Waals surface area contributed by atoms with Crippen LogP contribution < -0.4 is 5.32 Å². The van der Waals surface area contributed by atoms with Gasteiger partial charge in [-0.05, 0) is 111 Å². The van der Waals surface area contributed by atoms with Crippen LogP contribution in [0.25, 0.3) is 0 Å². The number of hydrogen-bond acceptors (Lipinski definition) is 4. The van der Waals surface area contributed by atoms with Crippen molar-refractivity contribution in [3.05, 3.63) is 28.7 Å². The molecule has 0 bridgehead atoms. The summed E-state index contributed by atoms with van der Waals surface area (Å²) in [6.07, 6.45) is 12.6. The lowest BCUT2D eigenvalue weighted by Gasteiger charge is -2.52. The largest absolute Gasteiger partial charge is 0.372 e. The highest BCUT2D eigenvalue weighted by Crippen LogP contribution is 2.62. The molecule has 4 nitrogen and oxygen atoms in total. The molecule has 1 saturated heterocycles. The molecule has 9 atom stereocenters. The van der Waals surface area contributed by atoms with Crippen molar-refractivity contribution in [1.82, 2.24) is 10.5 Å². The first-order valence-corrected chi connectivity index (χ1v) is 13.4. The lowest BCUT2D eigenvalue weighted by Crippen LogP contribution is -2.52. The quantitative estimate of drug-likeness (QED) is 0.538. The van der Waals surface area contributed by atoms with Crippen LogP contribution in [0.4, 0.5) is 0 Å². The van der Waals surface area contributed by atoms with Crippen LogP contribution in [0.5, 0.6) is 0 Å². The van der Waals surface area contributed by atoms with Gasteiger partial charge in [-0.2, -0.15) is 0 Å². The first-order valence-electron chi connectivity index (χ1n) is 13.4. The van der Waals surface area contributed by atoms with Gasteiger partial charge in [-0.15, -0.1) is 0 Å². The molecular weight excluding hydrogens is 396 g/mol. The molecule has 0 amide bonds. The van der Waals surface area contributed by atoms with E-state index in [1.807, 2.05) is 6.26 Å². The van der Waals surface area contributed by atoms with E-state index in [4.69, 9.17) is 9.26 Å². The summed E-state index contributed by atoms with van der Waals surface area (Å²) in [5.74, 6) is 4.59. The van der Waals surface area contributed by atoms with Gasteiger partial charge in [-0.25, -0.2) is 0 Å². The lowest BCUT2D eigenvalue weighted by molar-refractivity contribution is -0.0156. The number of piperidine rings is 1. The van der Waals surface area contributed by atoms with E-state index < -0.39 is 0 Å². The smallest absolute Gasteiger partial charge is 0.127 e. The number of nitrogens with zero attached hydrogens (tertiary/aromatic N) is 1. The number of hydrogen-bond donors (Lipinski definition) is 1. The van der Waals surface area contributed by atoms with Crippen LogP contribution >= 0.6 is 0 Å². The van der Waals surface area contributed by atoms with Crippen molar-refractivity contribution in [3.8, 4) is 0 Å². The average Bonchev–Trinajstić information content (AvgIpc) is 3.38. The van der Waals surface area contributed by atoms with E-state index in [2.05, 4.69) is 38.2 Å². The van der Waals surface area contributed by atoms with Crippen molar-refractivity contribution in [3.63, 3.8) is 0 Å². The Morgan fingerprint density at radius 2 is 2.00 bits per heavy atom. The van der Waals surface area contributed by atoms with Crippen molar-refractivity contribution >= 4 is 0 Å². The fourth-order valence-corrected chi connectivity index (χ4v) is 8.74. The third kappa shape index (κ3) is 3.35. The highest BCUT2D eigenvalue weighted by atomic mass is 16.5. The fourth-order valence-electron chi connectivity index (χ4n) is 8.74. The van der Waals surface area contributed by atoms with Crippen LogP contribution in [-0.2, 0) is 17.6 Å². The molecule has 3 aliphatic carbocycles. The molecule has 5 aliphatic rings. The Hall–Kier alpha value is -1.13. The van der Waals surface area contributed by atoms with Crippen molar-refractivity contribution < 1.29 is 9.26 Å². The van der Waals surface area contributed by atoms with Crippen LogP contribution in [0.2, 0.25) is 0 Å². The van der Waals surface area contributed by atoms with Gasteiger partial charge in [0.05, 0.1) is 18.4 Å². The number of nitrogens with one attached hydrogen (secondary N) is 1. The molecule has 2 saturated carbocycles. The van der Waals surface area contributed by atoms with Crippen LogP contribution in [0, 0.1) is 40.9 Å². The molecule has 2 aliphatic heterocycles. The normalized spacial score (nSPS) is 46.5. The van der Waals surface area contributed by atoms with E-state index in [0.717, 1.165) is 49.7 Å². The zero-order valence-electron chi connectivity index (χ0n) is 20.5. The van der Waals surface area contributed by atoms with Crippen molar-refractivity contribution in [2.75, 3.05) is 13.2 Å². The van der Waals surface area contributed by atoms with Crippen LogP contribution in [-0.4, -0.2) is 30.5 Å². The second-order valence-electron chi connectivity index (χ2n) is 12.5. The zero-order valence-corrected chi connectivity index (χ0v) is 20.5. The molecule has 1 aromatic rings. The van der Waals surface area contributed by atoms with E-state index in [-0.39, 0.29) is 0 Å². The van der Waals surface area contributed by atoms with E-state index in [1.54, 1.807) is 11.1 Å². The number of allylic oxidation sites excluding steroid dienone is 1. The Bertz CT molecular complexity index is 890. The van der Waals surface area contributed by atoms with E-state index in [9.17, 15) is 0 Å². The molecule has 6 rings (SSSR count). The van der Waals surface area contributed by atoms with Crippen molar-refractivity contribution in [2.45, 2.75) is 91.2 Å². The highest BCUT2D eigenvalue weighted by Gasteiger charge is 2.56. The number of aromatic nitrogens is 1. The second-order valence-corrected chi connectivity index (χ2v) is 12.5. The molecule has 3 heterocycles. The highest BCUT2D eigenvalue weighted by molar-refractivity contribution is 5.29. The number of rotatable bonds is 0. The maximum atomic E-state index is 6.66. The van der Waals surface area contributed by atoms with Gasteiger partial charge < -0.3 is 14.6 Å². The summed E-state index contributed by atoms with van der Waals surface area (Å²) in [4.78, 5) is 0. The summed E-state index contributed by atoms with van der Waals surface area (Å²) < 4.78 is 12.1. The second kappa shape index (κ2) is 7.98. The lowest BCUT2D eigenvalue weighted by atomic mass is 9.52. The van der Waals surface area contributed by atoms with Gasteiger partial charge >= 0.3 is 0 Å². The summed E-state index contributed by atoms with van der Waals surface area (Å²) in [7, 11) is 0. The SMILES string of the molecule is CC1=C2CC3C(CCC4Cc5nocc5CC43C)C2CCC(C)C2NCC(C)CC2OC1. The number of ether oxygens (including phenoxy) is 1. The summed E-state index contributed by atoms with van der Waals surface area (Å²) in [6, 6.07) is 0.524. The van der Waals surface area contributed by atoms with Crippen LogP contribution in [0.15, 0.2) is 21.9 Å². The van der Waals surface area contributed by atoms with Crippen LogP contribution in [0.1, 0.15) is 77.5 Å². The zero-order chi connectivity index (χ0) is 22.0. The minimum absolute atomic E-state index is 0.372. The molecule has 0 radical (unpaired) electrons. The summed E-state index contributed by atoms with van der Waals surface area (Å²) in [6.45, 7) is 11.8. The van der Waals surface area contributed by atoms with Gasteiger partial charge in [0, 0.05) is 11.6 Å². The van der Waals surface area contributed by atoms with Gasteiger partial charge in [-0.1, -0.05) is 31.5 Å². The monoisotopic (exact) mass is 438 g/mol. The van der Waals surface area contributed by atoms with Gasteiger partial charge in [-0.3, -0.25) is 0 Å². The van der Waals surface area contributed by atoms with E-state index >= 15 is 0 Å². The maximum Gasteiger partial charge on any atom is 0.127 e. The van der Waals surface area contributed by atoms with Gasteiger partial charge in [0.25, 0.3) is 0 Å². The summed E-state index contributed by atoms with van der Waals surface area (Å²) in [5.41, 5.74) is 6.34. The first-order chi connectivity index (χ1) is 15.4. The van der Waals surface area contributed by atoms with Crippen molar-refractivity contribution in [1.29, 1.82) is 0 Å². The summed E-state index contributed by atoms with van der Waals surface area (Å²) in [5, 5.41) is 8.20. The van der Waals surface area contributed by atoms with Crippen LogP contribution in [0.3, 0.4) is 0 Å². The van der Waals surface area contributed by atoms with Gasteiger partial charge in [0.2, 0.25) is 0 Å². The molecule has 0 spiro atoms. The molecule has 1 N–H and O–H groups in total. The predicted molar refractivity (Wildman–Crippen MR) is 126 cm³/mol. The minimum Gasteiger partial charge on any atom is -0.372 e. The standard InChI is InChI=1S/C28H42N2O2/c1-16-9-26-27(29-13-16)17(2)5-7-21-22-8-6-20-10-25-19(15-32-30-25)12-28(20,4)24(22)11-23(21)18(3)14-31-26/h15-17,20-22,24,26-27,29H,5-14H2,1-4H3. The Balaban J connectivity index is 1.30. The average molecular weight is 439 g/mol. The third-order valence-corrected chi connectivity index (χ3v) is 10.6. The molecule has 1 aromatic heterocycles. The molecule has 176 valence electrons. The first kappa shape index (κ1) is 21.4. The molecular formula is C28H42N2O2. The Labute approximate surface area is 193 Å². The molecule has 32 heavy (non-hydrogen) atoms. The maximum absolute atomic E-state index is 6.66. The van der Waals surface area contributed by atoms with Gasteiger partial charge in [0.1, 0.15) is 6.26 Å². The van der Waals surface area contributed by atoms with E-state index in [0.29, 0.717) is 29.4 Å². The Morgan fingerprint density at radius 3 is 2.88 bits per heavy atom. The molecule has 4 heteroatoms.